The summed E-state index contributed by atoms with van der Waals surface area (Å²) in [5.74, 6) is 0.666. The lowest BCUT2D eigenvalue weighted by molar-refractivity contribution is -0.142. The van der Waals surface area contributed by atoms with Crippen molar-refractivity contribution in [3.63, 3.8) is 0 Å². The molecule has 0 radical (unpaired) electrons. The second kappa shape index (κ2) is 5.54. The summed E-state index contributed by atoms with van der Waals surface area (Å²) in [5, 5.41) is 3.21. The number of benzene rings is 2. The molecule has 23 heavy (non-hydrogen) atoms. The number of ether oxygens (including phenoxy) is 1. The van der Waals surface area contributed by atoms with Crippen molar-refractivity contribution in [2.24, 2.45) is 4.99 Å². The molecular formula is C19H18N2O2. The van der Waals surface area contributed by atoms with Crippen molar-refractivity contribution in [3.8, 4) is 11.1 Å². The normalized spacial score (nSPS) is 20.9. The summed E-state index contributed by atoms with van der Waals surface area (Å²) in [4.78, 5) is 16.6. The zero-order valence-electron chi connectivity index (χ0n) is 13.0. The van der Waals surface area contributed by atoms with E-state index in [2.05, 4.69) is 53.8 Å². The third kappa shape index (κ3) is 2.31. The van der Waals surface area contributed by atoms with Crippen LogP contribution in [0.1, 0.15) is 30.0 Å². The largest absolute Gasteiger partial charge is 0.467 e. The van der Waals surface area contributed by atoms with Crippen LogP contribution in [0.4, 0.5) is 0 Å². The van der Waals surface area contributed by atoms with Crippen molar-refractivity contribution < 1.29 is 9.53 Å². The third-order valence-electron chi connectivity index (χ3n) is 4.58. The standard InChI is InChI=1S/C19H18N2O2/c1-23-19(22)16-10-11-17(20-16)21-18-14-8-4-2-6-12(14)13-7-3-5-9-15(13)18/h2-9,16,18H,10-11H2,1H3,(H,20,21)/t16-/m1/s1. The number of methoxy groups -OCH3 is 1. The van der Waals surface area contributed by atoms with Gasteiger partial charge in [0, 0.05) is 6.42 Å². The van der Waals surface area contributed by atoms with E-state index in [9.17, 15) is 4.79 Å². The highest BCUT2D eigenvalue weighted by Gasteiger charge is 2.31. The summed E-state index contributed by atoms with van der Waals surface area (Å²) in [6, 6.07) is 16.5. The number of amidine groups is 1. The van der Waals surface area contributed by atoms with Crippen LogP contribution in [-0.2, 0) is 9.53 Å². The van der Waals surface area contributed by atoms with E-state index in [1.807, 2.05) is 0 Å². The second-order valence-electron chi connectivity index (χ2n) is 5.91. The van der Waals surface area contributed by atoms with Gasteiger partial charge in [0.25, 0.3) is 0 Å². The van der Waals surface area contributed by atoms with Gasteiger partial charge in [-0.25, -0.2) is 4.79 Å². The molecule has 0 spiro atoms. The minimum Gasteiger partial charge on any atom is -0.467 e. The first kappa shape index (κ1) is 14.0. The number of aliphatic imine (C=N–C) groups is 1. The molecule has 1 heterocycles. The summed E-state index contributed by atoms with van der Waals surface area (Å²) in [6.07, 6.45) is 1.52. The zero-order chi connectivity index (χ0) is 15.8. The molecule has 0 unspecified atom stereocenters. The summed E-state index contributed by atoms with van der Waals surface area (Å²) >= 11 is 0. The number of carbonyl (C=O) groups is 1. The number of hydrogen-bond acceptors (Lipinski definition) is 3. The van der Waals surface area contributed by atoms with Gasteiger partial charge in [-0.15, -0.1) is 0 Å². The molecule has 0 aromatic heterocycles. The Morgan fingerprint density at radius 1 is 1.09 bits per heavy atom. The highest BCUT2D eigenvalue weighted by atomic mass is 16.5. The van der Waals surface area contributed by atoms with E-state index in [0.717, 1.165) is 18.7 Å². The van der Waals surface area contributed by atoms with Crippen LogP contribution in [0.25, 0.3) is 11.1 Å². The fraction of sp³-hybridized carbons (Fsp3) is 0.263. The lowest BCUT2D eigenvalue weighted by Crippen LogP contribution is -2.34. The number of nitrogens with zero attached hydrogens (tertiary/aromatic N) is 1. The molecule has 0 bridgehead atoms. The summed E-state index contributed by atoms with van der Waals surface area (Å²) in [5.41, 5.74) is 4.95. The number of nitrogens with one attached hydrogen (secondary N) is 1. The number of hydrogen-bond donors (Lipinski definition) is 1. The van der Waals surface area contributed by atoms with Gasteiger partial charge in [-0.3, -0.25) is 4.99 Å². The van der Waals surface area contributed by atoms with Gasteiger partial charge in [0.05, 0.1) is 12.9 Å². The predicted molar refractivity (Wildman–Crippen MR) is 89.3 cm³/mol. The lowest BCUT2D eigenvalue weighted by Gasteiger charge is -2.11. The molecule has 0 saturated carbocycles. The van der Waals surface area contributed by atoms with Crippen LogP contribution in [0.2, 0.25) is 0 Å². The number of fused-ring (bicyclic) bond motifs is 3. The van der Waals surface area contributed by atoms with Gasteiger partial charge in [-0.05, 0) is 28.7 Å². The van der Waals surface area contributed by atoms with Crippen LogP contribution in [0, 0.1) is 0 Å². The van der Waals surface area contributed by atoms with Crippen LogP contribution >= 0.6 is 0 Å². The molecule has 4 rings (SSSR count). The van der Waals surface area contributed by atoms with E-state index in [-0.39, 0.29) is 18.1 Å². The Morgan fingerprint density at radius 3 is 2.30 bits per heavy atom. The van der Waals surface area contributed by atoms with Crippen LogP contribution in [0.3, 0.4) is 0 Å². The average molecular weight is 306 g/mol. The highest BCUT2D eigenvalue weighted by molar-refractivity contribution is 5.92. The van der Waals surface area contributed by atoms with Gasteiger partial charge < -0.3 is 10.1 Å². The Kier molecular flexibility index (Phi) is 3.37. The van der Waals surface area contributed by atoms with Crippen molar-refractivity contribution in [1.82, 2.24) is 5.32 Å². The van der Waals surface area contributed by atoms with Crippen molar-refractivity contribution in [2.45, 2.75) is 24.9 Å². The maximum Gasteiger partial charge on any atom is 0.328 e. The van der Waals surface area contributed by atoms with E-state index in [1.54, 1.807) is 0 Å². The molecule has 116 valence electrons. The molecule has 1 aliphatic carbocycles. The molecule has 1 saturated heterocycles. The molecule has 1 N–H and O–H groups in total. The first-order chi connectivity index (χ1) is 11.3. The Hall–Kier alpha value is -2.62. The lowest BCUT2D eigenvalue weighted by atomic mass is 10.1. The highest BCUT2D eigenvalue weighted by Crippen LogP contribution is 2.45. The number of rotatable bonds is 2. The van der Waals surface area contributed by atoms with Crippen molar-refractivity contribution in [1.29, 1.82) is 0 Å². The van der Waals surface area contributed by atoms with Gasteiger partial charge in [-0.1, -0.05) is 48.5 Å². The zero-order valence-corrected chi connectivity index (χ0v) is 13.0. The third-order valence-corrected chi connectivity index (χ3v) is 4.58. The molecular weight excluding hydrogens is 288 g/mol. The Labute approximate surface area is 135 Å². The van der Waals surface area contributed by atoms with E-state index in [1.165, 1.54) is 29.4 Å². The average Bonchev–Trinajstić information content (AvgIpc) is 3.19. The maximum atomic E-state index is 11.7. The monoisotopic (exact) mass is 306 g/mol. The Morgan fingerprint density at radius 2 is 1.70 bits per heavy atom. The van der Waals surface area contributed by atoms with Crippen molar-refractivity contribution >= 4 is 11.8 Å². The van der Waals surface area contributed by atoms with Crippen molar-refractivity contribution in [2.75, 3.05) is 7.11 Å². The van der Waals surface area contributed by atoms with Gasteiger partial charge in [0.1, 0.15) is 12.1 Å². The quantitative estimate of drug-likeness (QED) is 0.868. The van der Waals surface area contributed by atoms with Crippen LogP contribution < -0.4 is 5.32 Å². The topological polar surface area (TPSA) is 50.7 Å². The first-order valence-corrected chi connectivity index (χ1v) is 7.87. The van der Waals surface area contributed by atoms with Gasteiger partial charge >= 0.3 is 5.97 Å². The van der Waals surface area contributed by atoms with E-state index < -0.39 is 0 Å². The van der Waals surface area contributed by atoms with E-state index >= 15 is 0 Å². The van der Waals surface area contributed by atoms with Gasteiger partial charge in [-0.2, -0.15) is 0 Å². The van der Waals surface area contributed by atoms with Crippen LogP contribution in [-0.4, -0.2) is 25.0 Å². The second-order valence-corrected chi connectivity index (χ2v) is 5.91. The molecule has 1 aliphatic heterocycles. The maximum absolute atomic E-state index is 11.7. The Balaban J connectivity index is 1.70. The minimum atomic E-state index is -0.273. The van der Waals surface area contributed by atoms with E-state index in [4.69, 9.17) is 9.73 Å². The smallest absolute Gasteiger partial charge is 0.328 e. The van der Waals surface area contributed by atoms with Crippen LogP contribution in [0.5, 0.6) is 0 Å². The summed E-state index contributed by atoms with van der Waals surface area (Å²) < 4.78 is 4.81. The fourth-order valence-electron chi connectivity index (χ4n) is 3.47. The summed E-state index contributed by atoms with van der Waals surface area (Å²) in [6.45, 7) is 0. The van der Waals surface area contributed by atoms with E-state index in [0.29, 0.717) is 0 Å². The molecule has 0 amide bonds. The molecule has 1 fully saturated rings. The van der Waals surface area contributed by atoms with Crippen LogP contribution in [0.15, 0.2) is 53.5 Å². The molecule has 1 atom stereocenters. The fourth-order valence-corrected chi connectivity index (χ4v) is 3.47. The number of carbonyl (C=O) groups excluding carboxylic acids is 1. The first-order valence-electron chi connectivity index (χ1n) is 7.87. The molecule has 4 heteroatoms. The molecule has 4 nitrogen and oxygen atoms in total. The molecule has 2 aromatic carbocycles. The number of esters is 1. The minimum absolute atomic E-state index is 0.00120. The SMILES string of the molecule is COC(=O)[C@H]1CCC(=NC2c3ccccc3-c3ccccc32)N1. The Bertz CT molecular complexity index is 752. The summed E-state index contributed by atoms with van der Waals surface area (Å²) in [7, 11) is 1.42. The van der Waals surface area contributed by atoms with Crippen molar-refractivity contribution in [3.05, 3.63) is 59.7 Å². The van der Waals surface area contributed by atoms with Gasteiger partial charge in [0.15, 0.2) is 0 Å². The molecule has 2 aromatic rings. The molecule has 2 aliphatic rings. The predicted octanol–water partition coefficient (Wildman–Crippen LogP) is 3.08. The van der Waals surface area contributed by atoms with Gasteiger partial charge in [0.2, 0.25) is 0 Å².